The Morgan fingerprint density at radius 3 is 2.27 bits per heavy atom. The maximum Gasteiger partial charge on any atom is 0.271 e. The molecule has 4 heteroatoms. The molecule has 1 aromatic heterocycles. The Hall–Kier alpha value is -1.94. The van der Waals surface area contributed by atoms with E-state index in [0.717, 1.165) is 11.3 Å². The zero-order valence-corrected chi connectivity index (χ0v) is 13.8. The van der Waals surface area contributed by atoms with Crippen LogP contribution < -0.4 is 11.3 Å². The van der Waals surface area contributed by atoms with E-state index in [1.54, 1.807) is 4.68 Å². The van der Waals surface area contributed by atoms with Crippen LogP contribution in [0.15, 0.2) is 35.1 Å². The van der Waals surface area contributed by atoms with Gasteiger partial charge in [-0.05, 0) is 23.5 Å². The lowest BCUT2D eigenvalue weighted by atomic mass is 10.0. The summed E-state index contributed by atoms with van der Waals surface area (Å²) < 4.78 is 1.54. The molecule has 22 heavy (non-hydrogen) atoms. The molecule has 0 aliphatic heterocycles. The number of nitrogens with zero attached hydrogens (tertiary/aromatic N) is 2. The maximum absolute atomic E-state index is 12.3. The highest BCUT2D eigenvalue weighted by Gasteiger charge is 2.10. The van der Waals surface area contributed by atoms with Crippen LogP contribution in [-0.2, 0) is 13.1 Å². The Balaban J connectivity index is 2.48. The third-order valence-corrected chi connectivity index (χ3v) is 3.68. The van der Waals surface area contributed by atoms with Gasteiger partial charge in [-0.25, -0.2) is 4.68 Å². The molecule has 2 N–H and O–H groups in total. The van der Waals surface area contributed by atoms with Gasteiger partial charge in [-0.1, -0.05) is 52.0 Å². The van der Waals surface area contributed by atoms with Gasteiger partial charge in [0.25, 0.3) is 5.56 Å². The standard InChI is InChI=1S/C18H25N3O/c1-12(2)11-21-18(22)16(10-19)9-17(20-21)15-7-5-14(6-8-15)13(3)4/h5-9,12-13H,10-11,19H2,1-4H3. The minimum absolute atomic E-state index is 0.0845. The van der Waals surface area contributed by atoms with Crippen LogP contribution in [0.25, 0.3) is 11.3 Å². The zero-order valence-electron chi connectivity index (χ0n) is 13.8. The Bertz CT molecular complexity index is 684. The normalized spacial score (nSPS) is 11.4. The van der Waals surface area contributed by atoms with Crippen LogP contribution in [0.3, 0.4) is 0 Å². The van der Waals surface area contributed by atoms with Gasteiger partial charge in [-0.2, -0.15) is 5.10 Å². The van der Waals surface area contributed by atoms with Gasteiger partial charge in [-0.3, -0.25) is 4.79 Å². The summed E-state index contributed by atoms with van der Waals surface area (Å²) in [6, 6.07) is 10.2. The Labute approximate surface area is 132 Å². The molecule has 0 aliphatic carbocycles. The largest absolute Gasteiger partial charge is 0.326 e. The van der Waals surface area contributed by atoms with Crippen LogP contribution in [0.2, 0.25) is 0 Å². The van der Waals surface area contributed by atoms with Crippen molar-refractivity contribution in [3.63, 3.8) is 0 Å². The SMILES string of the molecule is CC(C)Cn1nc(-c2ccc(C(C)C)cc2)cc(CN)c1=O. The summed E-state index contributed by atoms with van der Waals surface area (Å²) in [7, 11) is 0. The molecule has 4 nitrogen and oxygen atoms in total. The molecule has 0 fully saturated rings. The van der Waals surface area contributed by atoms with E-state index in [2.05, 4.69) is 57.1 Å². The molecule has 1 aromatic carbocycles. The lowest BCUT2D eigenvalue weighted by molar-refractivity contribution is 0.462. The van der Waals surface area contributed by atoms with Crippen molar-refractivity contribution in [2.24, 2.45) is 11.7 Å². The molecule has 0 saturated heterocycles. The highest BCUT2D eigenvalue weighted by Crippen LogP contribution is 2.21. The number of benzene rings is 1. The zero-order chi connectivity index (χ0) is 16.3. The fourth-order valence-electron chi connectivity index (χ4n) is 2.39. The average Bonchev–Trinajstić information content (AvgIpc) is 2.49. The van der Waals surface area contributed by atoms with E-state index in [9.17, 15) is 4.79 Å². The van der Waals surface area contributed by atoms with Crippen LogP contribution in [0, 0.1) is 5.92 Å². The molecule has 2 rings (SSSR count). The summed E-state index contributed by atoms with van der Waals surface area (Å²) in [5.74, 6) is 0.853. The van der Waals surface area contributed by atoms with Gasteiger partial charge in [0.1, 0.15) is 0 Å². The predicted molar refractivity (Wildman–Crippen MR) is 90.8 cm³/mol. The first-order valence-corrected chi connectivity index (χ1v) is 7.83. The fourth-order valence-corrected chi connectivity index (χ4v) is 2.39. The monoisotopic (exact) mass is 299 g/mol. The smallest absolute Gasteiger partial charge is 0.271 e. The first-order chi connectivity index (χ1) is 10.4. The van der Waals surface area contributed by atoms with Crippen LogP contribution in [0.5, 0.6) is 0 Å². The Kier molecular flexibility index (Phi) is 5.14. The van der Waals surface area contributed by atoms with Gasteiger partial charge in [-0.15, -0.1) is 0 Å². The van der Waals surface area contributed by atoms with Gasteiger partial charge >= 0.3 is 0 Å². The number of hydrogen-bond acceptors (Lipinski definition) is 3. The molecule has 0 aliphatic rings. The quantitative estimate of drug-likeness (QED) is 0.922. The molecule has 0 bridgehead atoms. The van der Waals surface area contributed by atoms with E-state index < -0.39 is 0 Å². The first-order valence-electron chi connectivity index (χ1n) is 7.83. The molecule has 118 valence electrons. The summed E-state index contributed by atoms with van der Waals surface area (Å²) in [5, 5.41) is 4.51. The third-order valence-electron chi connectivity index (χ3n) is 3.68. The molecule has 2 aromatic rings. The molecule has 0 atom stereocenters. The highest BCUT2D eigenvalue weighted by atomic mass is 16.1. The van der Waals surface area contributed by atoms with Gasteiger partial charge < -0.3 is 5.73 Å². The summed E-state index contributed by atoms with van der Waals surface area (Å²) in [5.41, 5.74) is 9.35. The molecule has 0 saturated carbocycles. The highest BCUT2D eigenvalue weighted by molar-refractivity contribution is 5.59. The molecule has 0 radical (unpaired) electrons. The minimum atomic E-state index is -0.0845. The Morgan fingerprint density at radius 2 is 1.77 bits per heavy atom. The lowest BCUT2D eigenvalue weighted by Crippen LogP contribution is -2.29. The Morgan fingerprint density at radius 1 is 1.14 bits per heavy atom. The third kappa shape index (κ3) is 3.63. The number of hydrogen-bond donors (Lipinski definition) is 1. The molecule has 0 amide bonds. The van der Waals surface area contributed by atoms with Crippen LogP contribution in [-0.4, -0.2) is 9.78 Å². The van der Waals surface area contributed by atoms with Crippen molar-refractivity contribution in [2.75, 3.05) is 0 Å². The molecular formula is C18H25N3O. The maximum atomic E-state index is 12.3. The van der Waals surface area contributed by atoms with Gasteiger partial charge in [0.2, 0.25) is 0 Å². The van der Waals surface area contributed by atoms with E-state index >= 15 is 0 Å². The molecular weight excluding hydrogens is 274 g/mol. The van der Waals surface area contributed by atoms with Crippen LogP contribution in [0.1, 0.15) is 44.7 Å². The van der Waals surface area contributed by atoms with Crippen molar-refractivity contribution in [1.29, 1.82) is 0 Å². The lowest BCUT2D eigenvalue weighted by Gasteiger charge is -2.12. The van der Waals surface area contributed by atoms with E-state index in [1.807, 2.05) is 6.07 Å². The predicted octanol–water partition coefficient (Wildman–Crippen LogP) is 3.15. The summed E-state index contributed by atoms with van der Waals surface area (Å²) in [6.07, 6.45) is 0. The molecule has 0 spiro atoms. The van der Waals surface area contributed by atoms with Crippen LogP contribution >= 0.6 is 0 Å². The molecule has 0 unspecified atom stereocenters. The van der Waals surface area contributed by atoms with E-state index in [1.165, 1.54) is 5.56 Å². The second-order valence-electron chi connectivity index (χ2n) is 6.42. The van der Waals surface area contributed by atoms with Crippen molar-refractivity contribution in [3.8, 4) is 11.3 Å². The van der Waals surface area contributed by atoms with Gasteiger partial charge in [0.05, 0.1) is 5.69 Å². The topological polar surface area (TPSA) is 60.9 Å². The van der Waals surface area contributed by atoms with E-state index in [4.69, 9.17) is 5.73 Å². The van der Waals surface area contributed by atoms with Crippen molar-refractivity contribution >= 4 is 0 Å². The van der Waals surface area contributed by atoms with Crippen molar-refractivity contribution in [2.45, 2.75) is 46.7 Å². The van der Waals surface area contributed by atoms with Crippen molar-refractivity contribution in [1.82, 2.24) is 9.78 Å². The number of nitrogens with two attached hydrogens (primary N) is 1. The molecule has 1 heterocycles. The fraction of sp³-hybridized carbons (Fsp3) is 0.444. The van der Waals surface area contributed by atoms with E-state index in [0.29, 0.717) is 23.9 Å². The summed E-state index contributed by atoms with van der Waals surface area (Å²) in [4.78, 5) is 12.3. The van der Waals surface area contributed by atoms with Crippen molar-refractivity contribution < 1.29 is 0 Å². The second kappa shape index (κ2) is 6.88. The van der Waals surface area contributed by atoms with Crippen molar-refractivity contribution in [3.05, 3.63) is 51.8 Å². The van der Waals surface area contributed by atoms with Crippen LogP contribution in [0.4, 0.5) is 0 Å². The average molecular weight is 299 g/mol. The first kappa shape index (κ1) is 16.4. The summed E-state index contributed by atoms with van der Waals surface area (Å²) >= 11 is 0. The second-order valence-corrected chi connectivity index (χ2v) is 6.42. The van der Waals surface area contributed by atoms with E-state index in [-0.39, 0.29) is 12.1 Å². The van der Waals surface area contributed by atoms with Gasteiger partial charge in [0.15, 0.2) is 0 Å². The summed E-state index contributed by atoms with van der Waals surface area (Å²) in [6.45, 7) is 9.31. The number of rotatable bonds is 5. The number of aromatic nitrogens is 2. The minimum Gasteiger partial charge on any atom is -0.326 e. The van der Waals surface area contributed by atoms with Gasteiger partial charge in [0, 0.05) is 24.2 Å².